The maximum Gasteiger partial charge on any atom is 0.227 e. The number of nitrogens with zero attached hydrogens (tertiary/aromatic N) is 1. The molecule has 0 spiro atoms. The van der Waals surface area contributed by atoms with Crippen LogP contribution >= 0.6 is 27.3 Å². The van der Waals surface area contributed by atoms with Crippen LogP contribution in [0.15, 0.2) is 34.1 Å². The number of phenols is 1. The molecule has 5 heteroatoms. The number of hydrogen-bond donors (Lipinski definition) is 1. The molecule has 3 rings (SSSR count). The molecule has 1 aromatic carbocycles. The summed E-state index contributed by atoms with van der Waals surface area (Å²) in [5, 5.41) is 11.7. The van der Waals surface area contributed by atoms with E-state index in [1.54, 1.807) is 23.5 Å². The van der Waals surface area contributed by atoms with Crippen molar-refractivity contribution >= 4 is 33.2 Å². The zero-order valence-corrected chi connectivity index (χ0v) is 13.2. The van der Waals surface area contributed by atoms with E-state index in [4.69, 9.17) is 0 Å². The second-order valence-corrected chi connectivity index (χ2v) is 6.85. The predicted octanol–water partition coefficient (Wildman–Crippen LogP) is 3.34. The van der Waals surface area contributed by atoms with Crippen molar-refractivity contribution in [2.75, 3.05) is 6.54 Å². The fourth-order valence-electron chi connectivity index (χ4n) is 2.48. The number of fused-ring (bicyclic) bond motifs is 1. The van der Waals surface area contributed by atoms with Crippen LogP contribution in [-0.2, 0) is 24.2 Å². The summed E-state index contributed by atoms with van der Waals surface area (Å²) < 4.78 is 0.791. The minimum absolute atomic E-state index is 0.111. The number of phenolic OH excluding ortho intramolecular Hbond substituents is 1. The third-order valence-electron chi connectivity index (χ3n) is 3.46. The van der Waals surface area contributed by atoms with Gasteiger partial charge in [-0.1, -0.05) is 15.9 Å². The fraction of sp³-hybridized carbons (Fsp3) is 0.267. The van der Waals surface area contributed by atoms with Crippen LogP contribution in [-0.4, -0.2) is 22.5 Å². The molecule has 0 fully saturated rings. The molecule has 0 aliphatic carbocycles. The summed E-state index contributed by atoms with van der Waals surface area (Å²) in [5.74, 6) is 0.292. The highest BCUT2D eigenvalue weighted by Crippen LogP contribution is 2.25. The Balaban J connectivity index is 1.71. The molecule has 1 aromatic heterocycles. The number of benzene rings is 1. The van der Waals surface area contributed by atoms with Gasteiger partial charge in [0.25, 0.3) is 0 Å². The lowest BCUT2D eigenvalue weighted by Crippen LogP contribution is -2.36. The van der Waals surface area contributed by atoms with Crippen molar-refractivity contribution in [3.8, 4) is 5.75 Å². The van der Waals surface area contributed by atoms with Crippen LogP contribution in [0, 0.1) is 0 Å². The summed E-state index contributed by atoms with van der Waals surface area (Å²) in [6.45, 7) is 1.49. The molecule has 0 atom stereocenters. The number of carbonyl (C=O) groups excluding carboxylic acids is 1. The van der Waals surface area contributed by atoms with Crippen molar-refractivity contribution in [1.29, 1.82) is 0 Å². The summed E-state index contributed by atoms with van der Waals surface area (Å²) >= 11 is 5.10. The number of thiophene rings is 1. The molecule has 2 aromatic rings. The van der Waals surface area contributed by atoms with E-state index in [9.17, 15) is 9.90 Å². The lowest BCUT2D eigenvalue weighted by Gasteiger charge is -2.27. The van der Waals surface area contributed by atoms with Crippen LogP contribution in [0.25, 0.3) is 0 Å². The van der Waals surface area contributed by atoms with Crippen molar-refractivity contribution in [2.24, 2.45) is 0 Å². The Morgan fingerprint density at radius 1 is 1.40 bits per heavy atom. The molecule has 1 N–H and O–H groups in total. The van der Waals surface area contributed by atoms with Crippen molar-refractivity contribution in [3.05, 3.63) is 50.1 Å². The third-order valence-corrected chi connectivity index (χ3v) is 4.94. The molecular weight excluding hydrogens is 338 g/mol. The van der Waals surface area contributed by atoms with Gasteiger partial charge in [-0.2, -0.15) is 0 Å². The van der Waals surface area contributed by atoms with Gasteiger partial charge in [0, 0.05) is 22.4 Å². The monoisotopic (exact) mass is 351 g/mol. The first kappa shape index (κ1) is 13.6. The van der Waals surface area contributed by atoms with Crippen LogP contribution in [0.1, 0.15) is 16.0 Å². The van der Waals surface area contributed by atoms with E-state index in [0.717, 1.165) is 23.0 Å². The van der Waals surface area contributed by atoms with Gasteiger partial charge < -0.3 is 10.0 Å². The van der Waals surface area contributed by atoms with E-state index in [2.05, 4.69) is 27.4 Å². The van der Waals surface area contributed by atoms with Crippen LogP contribution < -0.4 is 0 Å². The van der Waals surface area contributed by atoms with Crippen LogP contribution in [0.2, 0.25) is 0 Å². The number of carbonyl (C=O) groups is 1. The molecule has 2 heterocycles. The zero-order valence-electron chi connectivity index (χ0n) is 10.8. The zero-order chi connectivity index (χ0) is 14.1. The van der Waals surface area contributed by atoms with Crippen molar-refractivity contribution < 1.29 is 9.90 Å². The fourth-order valence-corrected chi connectivity index (χ4v) is 3.90. The maximum absolute atomic E-state index is 12.4. The van der Waals surface area contributed by atoms with E-state index in [1.807, 2.05) is 11.0 Å². The number of halogens is 1. The Morgan fingerprint density at radius 3 is 3.05 bits per heavy atom. The Kier molecular flexibility index (Phi) is 3.81. The normalized spacial score (nSPS) is 14.2. The predicted molar refractivity (Wildman–Crippen MR) is 83.0 cm³/mol. The lowest BCUT2D eigenvalue weighted by atomic mass is 10.1. The Labute approximate surface area is 130 Å². The van der Waals surface area contributed by atoms with Crippen molar-refractivity contribution in [1.82, 2.24) is 4.90 Å². The average molecular weight is 352 g/mol. The van der Waals surface area contributed by atoms with E-state index < -0.39 is 0 Å². The van der Waals surface area contributed by atoms with Gasteiger partial charge in [0.2, 0.25) is 5.91 Å². The summed E-state index contributed by atoms with van der Waals surface area (Å²) in [7, 11) is 0. The van der Waals surface area contributed by atoms with Gasteiger partial charge in [0.05, 0.1) is 6.42 Å². The quantitative estimate of drug-likeness (QED) is 0.901. The maximum atomic E-state index is 12.4. The molecule has 0 radical (unpaired) electrons. The Morgan fingerprint density at radius 2 is 2.25 bits per heavy atom. The standard InChI is InChI=1S/C15H14BrNO2S/c16-12-5-10(6-13(18)8-12)7-15(19)17-3-1-14-11(9-17)2-4-20-14/h2,4-6,8,18H,1,3,7,9H2. The van der Waals surface area contributed by atoms with Gasteiger partial charge in [-0.25, -0.2) is 0 Å². The van der Waals surface area contributed by atoms with Crippen molar-refractivity contribution in [3.63, 3.8) is 0 Å². The molecule has 1 aliphatic heterocycles. The van der Waals surface area contributed by atoms with E-state index >= 15 is 0 Å². The van der Waals surface area contributed by atoms with Gasteiger partial charge in [-0.05, 0) is 47.2 Å². The minimum atomic E-state index is 0.111. The Bertz CT molecular complexity index is 633. The summed E-state index contributed by atoms with van der Waals surface area (Å²) in [6, 6.07) is 7.23. The molecule has 1 amide bonds. The van der Waals surface area contributed by atoms with E-state index in [0.29, 0.717) is 13.0 Å². The lowest BCUT2D eigenvalue weighted by molar-refractivity contribution is -0.131. The van der Waals surface area contributed by atoms with Gasteiger partial charge >= 0.3 is 0 Å². The molecule has 0 unspecified atom stereocenters. The number of aromatic hydroxyl groups is 1. The summed E-state index contributed by atoms with van der Waals surface area (Å²) in [6.07, 6.45) is 1.27. The first-order valence-corrected chi connectivity index (χ1v) is 8.10. The molecule has 0 saturated heterocycles. The van der Waals surface area contributed by atoms with Crippen LogP contribution in [0.4, 0.5) is 0 Å². The number of rotatable bonds is 2. The van der Waals surface area contributed by atoms with E-state index in [1.165, 1.54) is 10.4 Å². The topological polar surface area (TPSA) is 40.5 Å². The van der Waals surface area contributed by atoms with Crippen molar-refractivity contribution in [2.45, 2.75) is 19.4 Å². The average Bonchev–Trinajstić information content (AvgIpc) is 2.84. The molecule has 1 aliphatic rings. The van der Waals surface area contributed by atoms with Gasteiger partial charge in [0.15, 0.2) is 0 Å². The van der Waals surface area contributed by atoms with Crippen LogP contribution in [0.5, 0.6) is 5.75 Å². The molecule has 104 valence electrons. The number of amides is 1. The first-order chi connectivity index (χ1) is 9.61. The van der Waals surface area contributed by atoms with E-state index in [-0.39, 0.29) is 11.7 Å². The second-order valence-electron chi connectivity index (χ2n) is 4.93. The third kappa shape index (κ3) is 2.88. The van der Waals surface area contributed by atoms with Gasteiger partial charge in [0.1, 0.15) is 5.75 Å². The Hall–Kier alpha value is -1.33. The minimum Gasteiger partial charge on any atom is -0.508 e. The molecule has 20 heavy (non-hydrogen) atoms. The molecular formula is C15H14BrNO2S. The smallest absolute Gasteiger partial charge is 0.227 e. The highest BCUT2D eigenvalue weighted by Gasteiger charge is 2.21. The highest BCUT2D eigenvalue weighted by atomic mass is 79.9. The number of hydrogen-bond acceptors (Lipinski definition) is 3. The largest absolute Gasteiger partial charge is 0.508 e. The summed E-state index contributed by atoms with van der Waals surface area (Å²) in [5.41, 5.74) is 2.10. The molecule has 3 nitrogen and oxygen atoms in total. The second kappa shape index (κ2) is 5.58. The highest BCUT2D eigenvalue weighted by molar-refractivity contribution is 9.10. The SMILES string of the molecule is O=C(Cc1cc(O)cc(Br)c1)N1CCc2sccc2C1. The first-order valence-electron chi connectivity index (χ1n) is 6.43. The van der Waals surface area contributed by atoms with Gasteiger partial charge in [-0.15, -0.1) is 11.3 Å². The molecule has 0 bridgehead atoms. The molecule has 0 saturated carbocycles. The summed E-state index contributed by atoms with van der Waals surface area (Å²) in [4.78, 5) is 15.6. The van der Waals surface area contributed by atoms with Crippen LogP contribution in [0.3, 0.4) is 0 Å². The van der Waals surface area contributed by atoms with Gasteiger partial charge in [-0.3, -0.25) is 4.79 Å².